The summed E-state index contributed by atoms with van der Waals surface area (Å²) >= 11 is 0. The van der Waals surface area contributed by atoms with Gasteiger partial charge in [-0.05, 0) is 30.3 Å². The molecule has 3 nitrogen and oxygen atoms in total. The van der Waals surface area contributed by atoms with E-state index in [2.05, 4.69) is 15.3 Å². The van der Waals surface area contributed by atoms with E-state index >= 15 is 0 Å². The van der Waals surface area contributed by atoms with Gasteiger partial charge in [0.1, 0.15) is 11.6 Å². The van der Waals surface area contributed by atoms with Gasteiger partial charge >= 0.3 is 0 Å². The molecule has 0 atom stereocenters. The molecule has 4 rings (SSSR count). The number of halogens is 1. The Morgan fingerprint density at radius 1 is 0.750 bits per heavy atom. The highest BCUT2D eigenvalue weighted by atomic mass is 19.1. The van der Waals surface area contributed by atoms with Crippen molar-refractivity contribution in [2.24, 2.45) is 0 Å². The summed E-state index contributed by atoms with van der Waals surface area (Å²) in [6.07, 6.45) is 0. The summed E-state index contributed by atoms with van der Waals surface area (Å²) in [5.74, 6) is 1.000. The van der Waals surface area contributed by atoms with Gasteiger partial charge in [0.15, 0.2) is 5.82 Å². The molecule has 1 heterocycles. The normalized spacial score (nSPS) is 10.7. The van der Waals surface area contributed by atoms with Gasteiger partial charge in [-0.2, -0.15) is 0 Å². The third-order valence-corrected chi connectivity index (χ3v) is 3.72. The molecule has 0 spiro atoms. The van der Waals surface area contributed by atoms with Gasteiger partial charge in [-0.25, -0.2) is 14.4 Å². The molecule has 0 aliphatic heterocycles. The number of anilines is 2. The van der Waals surface area contributed by atoms with E-state index in [1.807, 2.05) is 60.7 Å². The van der Waals surface area contributed by atoms with Crippen LogP contribution in [-0.4, -0.2) is 9.97 Å². The molecule has 0 radical (unpaired) electrons. The van der Waals surface area contributed by atoms with Crippen LogP contribution in [0, 0.1) is 5.82 Å². The molecule has 0 saturated carbocycles. The van der Waals surface area contributed by atoms with Crippen LogP contribution >= 0.6 is 0 Å². The number of rotatable bonds is 3. The van der Waals surface area contributed by atoms with Gasteiger partial charge < -0.3 is 5.32 Å². The molecule has 0 aliphatic carbocycles. The van der Waals surface area contributed by atoms with Crippen LogP contribution in [0.4, 0.5) is 15.9 Å². The molecule has 4 aromatic rings. The summed E-state index contributed by atoms with van der Waals surface area (Å²) in [5.41, 5.74) is 2.42. The van der Waals surface area contributed by atoms with Crippen molar-refractivity contribution in [3.63, 3.8) is 0 Å². The number of hydrogen-bond donors (Lipinski definition) is 1. The van der Waals surface area contributed by atoms with Gasteiger partial charge in [0.05, 0.1) is 5.52 Å². The highest BCUT2D eigenvalue weighted by molar-refractivity contribution is 5.92. The molecule has 3 aromatic carbocycles. The van der Waals surface area contributed by atoms with Crippen LogP contribution in [0.15, 0.2) is 78.9 Å². The Kier molecular flexibility index (Phi) is 3.63. The van der Waals surface area contributed by atoms with Crippen molar-refractivity contribution in [2.45, 2.75) is 0 Å². The third-order valence-electron chi connectivity index (χ3n) is 3.72. The van der Waals surface area contributed by atoms with Crippen LogP contribution in [0.1, 0.15) is 0 Å². The molecule has 116 valence electrons. The minimum absolute atomic E-state index is 0.290. The summed E-state index contributed by atoms with van der Waals surface area (Å²) in [6.45, 7) is 0. The first-order valence-electron chi connectivity index (χ1n) is 7.64. The van der Waals surface area contributed by atoms with Crippen molar-refractivity contribution < 1.29 is 4.39 Å². The van der Waals surface area contributed by atoms with E-state index in [9.17, 15) is 4.39 Å². The second-order valence-corrected chi connectivity index (χ2v) is 5.41. The lowest BCUT2D eigenvalue weighted by Crippen LogP contribution is -1.99. The predicted octanol–water partition coefficient (Wildman–Crippen LogP) is 5.18. The van der Waals surface area contributed by atoms with E-state index < -0.39 is 0 Å². The summed E-state index contributed by atoms with van der Waals surface area (Å²) in [6, 6.07) is 23.9. The fraction of sp³-hybridized carbons (Fsp3) is 0. The first kappa shape index (κ1) is 14.3. The number of fused-ring (bicyclic) bond motifs is 1. The van der Waals surface area contributed by atoms with Crippen molar-refractivity contribution >= 4 is 22.4 Å². The zero-order chi connectivity index (χ0) is 16.4. The first-order chi connectivity index (χ1) is 11.8. The Hall–Kier alpha value is -3.27. The van der Waals surface area contributed by atoms with Crippen molar-refractivity contribution in [1.29, 1.82) is 0 Å². The van der Waals surface area contributed by atoms with Crippen molar-refractivity contribution in [3.8, 4) is 11.4 Å². The molecule has 0 fully saturated rings. The number of para-hydroxylation sites is 1. The number of nitrogens with one attached hydrogen (secondary N) is 1. The third kappa shape index (κ3) is 2.82. The fourth-order valence-corrected chi connectivity index (χ4v) is 2.59. The predicted molar refractivity (Wildman–Crippen MR) is 94.7 cm³/mol. The highest BCUT2D eigenvalue weighted by Crippen LogP contribution is 2.27. The number of aromatic nitrogens is 2. The Bertz CT molecular complexity index is 1000. The topological polar surface area (TPSA) is 37.8 Å². The monoisotopic (exact) mass is 315 g/mol. The van der Waals surface area contributed by atoms with Gasteiger partial charge in [0.2, 0.25) is 0 Å². The van der Waals surface area contributed by atoms with Gasteiger partial charge in [-0.1, -0.05) is 48.5 Å². The lowest BCUT2D eigenvalue weighted by atomic mass is 10.2. The van der Waals surface area contributed by atoms with E-state index in [0.717, 1.165) is 16.5 Å². The molecule has 0 aliphatic rings. The van der Waals surface area contributed by atoms with Gasteiger partial charge in [-0.15, -0.1) is 0 Å². The molecule has 0 saturated heterocycles. The van der Waals surface area contributed by atoms with Crippen molar-refractivity contribution in [1.82, 2.24) is 9.97 Å². The largest absolute Gasteiger partial charge is 0.340 e. The smallest absolute Gasteiger partial charge is 0.162 e. The average molecular weight is 315 g/mol. The number of nitrogens with zero attached hydrogens (tertiary/aromatic N) is 2. The molecular weight excluding hydrogens is 301 g/mol. The quantitative estimate of drug-likeness (QED) is 0.566. The van der Waals surface area contributed by atoms with E-state index in [0.29, 0.717) is 17.3 Å². The maximum Gasteiger partial charge on any atom is 0.162 e. The fourth-order valence-electron chi connectivity index (χ4n) is 2.59. The zero-order valence-corrected chi connectivity index (χ0v) is 12.8. The maximum atomic E-state index is 13.5. The molecule has 0 unspecified atom stereocenters. The molecule has 1 N–H and O–H groups in total. The molecular formula is C20H14FN3. The summed E-state index contributed by atoms with van der Waals surface area (Å²) in [4.78, 5) is 9.29. The Morgan fingerprint density at radius 3 is 2.38 bits per heavy atom. The SMILES string of the molecule is Fc1cccc(Nc2nc(-c3ccccc3)nc3ccccc23)c1. The minimum Gasteiger partial charge on any atom is -0.340 e. The van der Waals surface area contributed by atoms with Gasteiger partial charge in [0, 0.05) is 16.6 Å². The highest BCUT2D eigenvalue weighted by Gasteiger charge is 2.09. The summed E-state index contributed by atoms with van der Waals surface area (Å²) in [7, 11) is 0. The maximum absolute atomic E-state index is 13.5. The van der Waals surface area contributed by atoms with Crippen LogP contribution in [0.5, 0.6) is 0 Å². The molecule has 0 amide bonds. The standard InChI is InChI=1S/C20H14FN3/c21-15-9-6-10-16(13-15)22-20-17-11-4-5-12-18(17)23-19(24-20)14-7-2-1-3-8-14/h1-13H,(H,22,23,24). The van der Waals surface area contributed by atoms with E-state index in [4.69, 9.17) is 0 Å². The Balaban J connectivity index is 1.86. The Morgan fingerprint density at radius 2 is 1.54 bits per heavy atom. The second-order valence-electron chi connectivity index (χ2n) is 5.41. The summed E-state index contributed by atoms with van der Waals surface area (Å²) < 4.78 is 13.5. The Labute approximate surface area is 138 Å². The average Bonchev–Trinajstić information content (AvgIpc) is 2.62. The van der Waals surface area contributed by atoms with E-state index in [1.165, 1.54) is 12.1 Å². The van der Waals surface area contributed by atoms with Crippen LogP contribution in [-0.2, 0) is 0 Å². The van der Waals surface area contributed by atoms with Crippen LogP contribution < -0.4 is 5.32 Å². The summed E-state index contributed by atoms with van der Waals surface area (Å²) in [5, 5.41) is 4.10. The van der Waals surface area contributed by atoms with Crippen LogP contribution in [0.3, 0.4) is 0 Å². The minimum atomic E-state index is -0.290. The second kappa shape index (κ2) is 6.08. The van der Waals surface area contributed by atoms with Gasteiger partial charge in [0.25, 0.3) is 0 Å². The zero-order valence-electron chi connectivity index (χ0n) is 12.8. The van der Waals surface area contributed by atoms with E-state index in [-0.39, 0.29) is 5.82 Å². The van der Waals surface area contributed by atoms with E-state index in [1.54, 1.807) is 6.07 Å². The van der Waals surface area contributed by atoms with Gasteiger partial charge in [-0.3, -0.25) is 0 Å². The molecule has 4 heteroatoms. The lowest BCUT2D eigenvalue weighted by Gasteiger charge is -2.11. The molecule has 1 aromatic heterocycles. The van der Waals surface area contributed by atoms with Crippen molar-refractivity contribution in [3.05, 3.63) is 84.7 Å². The molecule has 0 bridgehead atoms. The molecule has 24 heavy (non-hydrogen) atoms. The number of benzene rings is 3. The van der Waals surface area contributed by atoms with Crippen LogP contribution in [0.2, 0.25) is 0 Å². The van der Waals surface area contributed by atoms with Crippen LogP contribution in [0.25, 0.3) is 22.3 Å². The van der Waals surface area contributed by atoms with Crippen molar-refractivity contribution in [2.75, 3.05) is 5.32 Å². The lowest BCUT2D eigenvalue weighted by molar-refractivity contribution is 0.628. The number of hydrogen-bond acceptors (Lipinski definition) is 3. The first-order valence-corrected chi connectivity index (χ1v) is 7.64.